The Morgan fingerprint density at radius 1 is 1.16 bits per heavy atom. The topological polar surface area (TPSA) is 36.4 Å². The highest BCUT2D eigenvalue weighted by Gasteiger charge is 2.27. The fourth-order valence-electron chi connectivity index (χ4n) is 3.20. The second-order valence-corrected chi connectivity index (χ2v) is 8.28. The van der Waals surface area contributed by atoms with Crippen molar-refractivity contribution in [3.05, 3.63) is 50.9 Å². The average molecular weight is 376 g/mol. The number of carbonyl (C=O) groups excluding carboxylic acids is 1. The molecule has 2 aliphatic rings. The van der Waals surface area contributed by atoms with Crippen molar-refractivity contribution >= 4 is 28.8 Å². The summed E-state index contributed by atoms with van der Waals surface area (Å²) in [6.07, 6.45) is 3.06. The van der Waals surface area contributed by atoms with Crippen LogP contribution in [0.2, 0.25) is 5.02 Å². The zero-order valence-electron chi connectivity index (χ0n) is 14.2. The molecule has 6 heteroatoms. The predicted molar refractivity (Wildman–Crippen MR) is 101 cm³/mol. The summed E-state index contributed by atoms with van der Waals surface area (Å²) in [5, 5.41) is 4.14. The third kappa shape index (κ3) is 4.40. The number of piperazine rings is 1. The van der Waals surface area contributed by atoms with E-state index in [1.165, 1.54) is 23.5 Å². The zero-order chi connectivity index (χ0) is 17.2. The van der Waals surface area contributed by atoms with Crippen molar-refractivity contribution in [2.45, 2.75) is 31.7 Å². The first kappa shape index (κ1) is 17.0. The van der Waals surface area contributed by atoms with Crippen LogP contribution >= 0.6 is 22.9 Å². The zero-order valence-corrected chi connectivity index (χ0v) is 15.7. The maximum atomic E-state index is 12.5. The lowest BCUT2D eigenvalue weighted by atomic mass is 10.1. The Kier molecular flexibility index (Phi) is 5.06. The van der Waals surface area contributed by atoms with Gasteiger partial charge in [-0.1, -0.05) is 23.7 Å². The second kappa shape index (κ2) is 7.44. The van der Waals surface area contributed by atoms with Crippen molar-refractivity contribution in [3.8, 4) is 0 Å². The van der Waals surface area contributed by atoms with E-state index < -0.39 is 0 Å². The quantitative estimate of drug-likeness (QED) is 0.801. The van der Waals surface area contributed by atoms with Crippen LogP contribution in [0.25, 0.3) is 0 Å². The van der Waals surface area contributed by atoms with Crippen molar-refractivity contribution in [1.82, 2.24) is 14.8 Å². The molecule has 0 spiro atoms. The van der Waals surface area contributed by atoms with Crippen molar-refractivity contribution in [2.75, 3.05) is 26.2 Å². The van der Waals surface area contributed by atoms with Crippen LogP contribution in [0.15, 0.2) is 29.6 Å². The Morgan fingerprint density at radius 3 is 2.56 bits per heavy atom. The highest BCUT2D eigenvalue weighted by Crippen LogP contribution is 2.40. The lowest BCUT2D eigenvalue weighted by Crippen LogP contribution is -2.48. The van der Waals surface area contributed by atoms with Gasteiger partial charge in [0.05, 0.1) is 18.7 Å². The molecule has 0 atom stereocenters. The van der Waals surface area contributed by atoms with Gasteiger partial charge in [0.15, 0.2) is 0 Å². The third-order valence-electron chi connectivity index (χ3n) is 4.92. The molecule has 1 saturated heterocycles. The number of thiazole rings is 1. The number of nitrogens with zero attached hydrogens (tertiary/aromatic N) is 3. The van der Waals surface area contributed by atoms with Crippen LogP contribution < -0.4 is 0 Å². The Labute approximate surface area is 157 Å². The van der Waals surface area contributed by atoms with E-state index in [-0.39, 0.29) is 5.91 Å². The molecule has 1 aromatic heterocycles. The molecule has 0 unspecified atom stereocenters. The van der Waals surface area contributed by atoms with Crippen molar-refractivity contribution in [3.63, 3.8) is 0 Å². The second-order valence-electron chi connectivity index (χ2n) is 6.90. The fourth-order valence-corrected chi connectivity index (χ4v) is 4.24. The number of hydrogen-bond donors (Lipinski definition) is 0. The van der Waals surface area contributed by atoms with Gasteiger partial charge in [0.2, 0.25) is 5.91 Å². The first-order valence-electron chi connectivity index (χ1n) is 8.86. The van der Waals surface area contributed by atoms with Gasteiger partial charge in [-0.2, -0.15) is 0 Å². The molecule has 2 fully saturated rings. The molecule has 4 nitrogen and oxygen atoms in total. The smallest absolute Gasteiger partial charge is 0.227 e. The van der Waals surface area contributed by atoms with E-state index in [4.69, 9.17) is 16.6 Å². The lowest BCUT2D eigenvalue weighted by Gasteiger charge is -2.34. The van der Waals surface area contributed by atoms with Gasteiger partial charge in [-0.25, -0.2) is 4.98 Å². The first-order valence-corrected chi connectivity index (χ1v) is 10.1. The Hall–Kier alpha value is -1.43. The molecule has 2 aromatic rings. The molecule has 132 valence electrons. The molecule has 1 aliphatic heterocycles. The van der Waals surface area contributed by atoms with Crippen LogP contribution in [0.3, 0.4) is 0 Å². The normalized spacial score (nSPS) is 18.5. The Balaban J connectivity index is 1.25. The van der Waals surface area contributed by atoms with E-state index in [0.29, 0.717) is 11.4 Å². The first-order chi connectivity index (χ1) is 12.2. The van der Waals surface area contributed by atoms with Crippen LogP contribution in [0.5, 0.6) is 0 Å². The van der Waals surface area contributed by atoms with E-state index in [1.807, 2.05) is 29.2 Å². The highest BCUT2D eigenvalue weighted by molar-refractivity contribution is 7.09. The van der Waals surface area contributed by atoms with E-state index in [0.717, 1.165) is 44.2 Å². The number of carbonyl (C=O) groups is 1. The van der Waals surface area contributed by atoms with Crippen LogP contribution in [-0.4, -0.2) is 46.9 Å². The summed E-state index contributed by atoms with van der Waals surface area (Å²) in [4.78, 5) is 21.6. The van der Waals surface area contributed by atoms with Gasteiger partial charge in [-0.3, -0.25) is 9.69 Å². The molecule has 0 bridgehead atoms. The van der Waals surface area contributed by atoms with Crippen molar-refractivity contribution in [2.24, 2.45) is 0 Å². The minimum absolute atomic E-state index is 0.201. The molecule has 1 aromatic carbocycles. The van der Waals surface area contributed by atoms with Crippen molar-refractivity contribution < 1.29 is 4.79 Å². The standard InChI is InChI=1S/C19H22ClN3OS/c20-16-5-1-14(2-6-16)11-19(24)23-9-7-22(8-10-23)12-18-21-17(13-25-18)15-3-4-15/h1-2,5-6,13,15H,3-4,7-12H2. The largest absolute Gasteiger partial charge is 0.340 e. The Morgan fingerprint density at radius 2 is 1.88 bits per heavy atom. The van der Waals surface area contributed by atoms with Crippen LogP contribution in [0.1, 0.15) is 35.0 Å². The lowest BCUT2D eigenvalue weighted by molar-refractivity contribution is -0.132. The summed E-state index contributed by atoms with van der Waals surface area (Å²) >= 11 is 7.67. The number of halogens is 1. The summed E-state index contributed by atoms with van der Waals surface area (Å²) in [6, 6.07) is 7.53. The third-order valence-corrected chi connectivity index (χ3v) is 6.02. The minimum atomic E-state index is 0.201. The fraction of sp³-hybridized carbons (Fsp3) is 0.474. The molecular formula is C19H22ClN3OS. The number of rotatable bonds is 5. The number of hydrogen-bond acceptors (Lipinski definition) is 4. The molecule has 2 heterocycles. The predicted octanol–water partition coefficient (Wildman–Crippen LogP) is 3.56. The van der Waals surface area contributed by atoms with Crippen LogP contribution in [-0.2, 0) is 17.8 Å². The van der Waals surface area contributed by atoms with Crippen LogP contribution in [0.4, 0.5) is 0 Å². The van der Waals surface area contributed by atoms with Gasteiger partial charge in [0.1, 0.15) is 5.01 Å². The summed E-state index contributed by atoms with van der Waals surface area (Å²) in [5.41, 5.74) is 2.31. The molecular weight excluding hydrogens is 354 g/mol. The van der Waals surface area contributed by atoms with Crippen molar-refractivity contribution in [1.29, 1.82) is 0 Å². The molecule has 25 heavy (non-hydrogen) atoms. The van der Waals surface area contributed by atoms with E-state index in [9.17, 15) is 4.79 Å². The molecule has 0 radical (unpaired) electrons. The van der Waals surface area contributed by atoms with Gasteiger partial charge < -0.3 is 4.90 Å². The van der Waals surface area contributed by atoms with Gasteiger partial charge in [0, 0.05) is 42.5 Å². The maximum Gasteiger partial charge on any atom is 0.227 e. The van der Waals surface area contributed by atoms with Gasteiger partial charge >= 0.3 is 0 Å². The molecule has 1 aliphatic carbocycles. The molecule has 4 rings (SSSR count). The number of amides is 1. The monoisotopic (exact) mass is 375 g/mol. The van der Waals surface area contributed by atoms with Crippen LogP contribution in [0, 0.1) is 0 Å². The van der Waals surface area contributed by atoms with Gasteiger partial charge in [0.25, 0.3) is 0 Å². The highest BCUT2D eigenvalue weighted by atomic mass is 35.5. The maximum absolute atomic E-state index is 12.5. The average Bonchev–Trinajstić information content (AvgIpc) is 3.37. The SMILES string of the molecule is O=C(Cc1ccc(Cl)cc1)N1CCN(Cc2nc(C3CC3)cs2)CC1. The van der Waals surface area contributed by atoms with E-state index in [2.05, 4.69) is 10.3 Å². The van der Waals surface area contributed by atoms with E-state index in [1.54, 1.807) is 11.3 Å². The molecule has 1 saturated carbocycles. The van der Waals surface area contributed by atoms with E-state index >= 15 is 0 Å². The summed E-state index contributed by atoms with van der Waals surface area (Å²) < 4.78 is 0. The minimum Gasteiger partial charge on any atom is -0.340 e. The summed E-state index contributed by atoms with van der Waals surface area (Å²) in [6.45, 7) is 4.35. The molecule has 0 N–H and O–H groups in total. The van der Waals surface area contributed by atoms with Gasteiger partial charge in [-0.15, -0.1) is 11.3 Å². The summed E-state index contributed by atoms with van der Waals surface area (Å²) in [7, 11) is 0. The van der Waals surface area contributed by atoms with Gasteiger partial charge in [-0.05, 0) is 30.5 Å². The number of benzene rings is 1. The molecule has 1 amide bonds. The summed E-state index contributed by atoms with van der Waals surface area (Å²) in [5.74, 6) is 0.930. The number of aromatic nitrogens is 1. The Bertz CT molecular complexity index is 733.